The van der Waals surface area contributed by atoms with Crippen LogP contribution in [0.2, 0.25) is 0 Å². The summed E-state index contributed by atoms with van der Waals surface area (Å²) in [5.41, 5.74) is 1.19. The average Bonchev–Trinajstić information content (AvgIpc) is 3.08. The monoisotopic (exact) mass is 424 g/mol. The number of carbonyl (C=O) groups is 3. The van der Waals surface area contributed by atoms with Gasteiger partial charge in [0.2, 0.25) is 0 Å². The van der Waals surface area contributed by atoms with Crippen molar-refractivity contribution in [2.24, 2.45) is 0 Å². The topological polar surface area (TPSA) is 96.7 Å². The van der Waals surface area contributed by atoms with Gasteiger partial charge in [0.1, 0.15) is 23.1 Å². The van der Waals surface area contributed by atoms with Gasteiger partial charge in [0.25, 0.3) is 11.8 Å². The summed E-state index contributed by atoms with van der Waals surface area (Å²) in [4.78, 5) is 39.0. The Labute approximate surface area is 183 Å². The first kappa shape index (κ1) is 20.6. The Hall–Kier alpha value is -4.70. The minimum Gasteiger partial charge on any atom is -0.496 e. The van der Waals surface area contributed by atoms with E-state index in [0.717, 1.165) is 4.90 Å². The fourth-order valence-electron chi connectivity index (χ4n) is 3.35. The largest absolute Gasteiger partial charge is 0.496 e. The van der Waals surface area contributed by atoms with Gasteiger partial charge in [-0.1, -0.05) is 36.4 Å². The van der Waals surface area contributed by atoms with Crippen molar-refractivity contribution >= 4 is 29.5 Å². The molecule has 1 aliphatic rings. The number of anilines is 1. The summed E-state index contributed by atoms with van der Waals surface area (Å²) in [7, 11) is 1.49. The molecule has 0 radical (unpaired) electrons. The summed E-state index contributed by atoms with van der Waals surface area (Å²) in [6.07, 6.45) is 1.37. The van der Waals surface area contributed by atoms with Gasteiger partial charge in [0, 0.05) is 11.6 Å². The van der Waals surface area contributed by atoms with Gasteiger partial charge in [0.05, 0.1) is 23.9 Å². The molecule has 0 saturated carbocycles. The summed E-state index contributed by atoms with van der Waals surface area (Å²) in [5, 5.41) is 9.44. The number of ether oxygens (including phenoxy) is 2. The predicted molar refractivity (Wildman–Crippen MR) is 116 cm³/mol. The number of hydrogen-bond acceptors (Lipinski definition) is 6. The normalized spacial score (nSPS) is 12.9. The Morgan fingerprint density at radius 3 is 2.25 bits per heavy atom. The van der Waals surface area contributed by atoms with E-state index in [4.69, 9.17) is 9.47 Å². The lowest BCUT2D eigenvalue weighted by Gasteiger charge is -2.15. The molecule has 0 spiro atoms. The molecule has 4 rings (SSSR count). The summed E-state index contributed by atoms with van der Waals surface area (Å²) in [6.45, 7) is 0. The van der Waals surface area contributed by atoms with Crippen LogP contribution in [0.25, 0.3) is 6.08 Å². The second-order valence-electron chi connectivity index (χ2n) is 6.79. The van der Waals surface area contributed by atoms with Crippen LogP contribution in [-0.2, 0) is 4.79 Å². The standard InChI is InChI=1S/C25H16N2O5/c1-31-22-12-5-2-7-16(22)13-17(15-26)25(30)32-19-9-6-8-18(14-19)27-23(28)20-10-3-4-11-21(20)24(27)29/h2-14H,1H3/b17-13+. The third kappa shape index (κ3) is 3.73. The Bertz CT molecular complexity index is 1280. The van der Waals surface area contributed by atoms with Crippen LogP contribution >= 0.6 is 0 Å². The number of esters is 1. The zero-order chi connectivity index (χ0) is 22.7. The Morgan fingerprint density at radius 2 is 1.59 bits per heavy atom. The molecule has 0 unspecified atom stereocenters. The van der Waals surface area contributed by atoms with Gasteiger partial charge in [-0.05, 0) is 36.4 Å². The smallest absolute Gasteiger partial charge is 0.354 e. The van der Waals surface area contributed by atoms with Crippen LogP contribution in [0.3, 0.4) is 0 Å². The lowest BCUT2D eigenvalue weighted by molar-refractivity contribution is -0.129. The molecule has 3 aromatic rings. The van der Waals surface area contributed by atoms with Gasteiger partial charge in [0.15, 0.2) is 0 Å². The number of methoxy groups -OCH3 is 1. The van der Waals surface area contributed by atoms with Crippen molar-refractivity contribution in [3.05, 3.63) is 95.1 Å². The quantitative estimate of drug-likeness (QED) is 0.202. The van der Waals surface area contributed by atoms with E-state index in [2.05, 4.69) is 0 Å². The number of benzene rings is 3. The number of para-hydroxylation sites is 1. The lowest BCUT2D eigenvalue weighted by Crippen LogP contribution is -2.29. The highest BCUT2D eigenvalue weighted by atomic mass is 16.5. The maximum absolute atomic E-state index is 12.7. The fraction of sp³-hybridized carbons (Fsp3) is 0.0400. The Morgan fingerprint density at radius 1 is 0.938 bits per heavy atom. The van der Waals surface area contributed by atoms with E-state index in [1.54, 1.807) is 60.7 Å². The molecule has 1 aliphatic heterocycles. The lowest BCUT2D eigenvalue weighted by atomic mass is 10.1. The van der Waals surface area contributed by atoms with Crippen LogP contribution in [0.1, 0.15) is 26.3 Å². The molecule has 1 heterocycles. The van der Waals surface area contributed by atoms with Crippen LogP contribution in [0, 0.1) is 11.3 Å². The zero-order valence-corrected chi connectivity index (χ0v) is 16.9. The summed E-state index contributed by atoms with van der Waals surface area (Å²) in [5.74, 6) is -1.20. The third-order valence-electron chi connectivity index (χ3n) is 4.86. The molecular weight excluding hydrogens is 408 g/mol. The number of fused-ring (bicyclic) bond motifs is 1. The number of imide groups is 1. The van der Waals surface area contributed by atoms with Gasteiger partial charge < -0.3 is 9.47 Å². The van der Waals surface area contributed by atoms with Crippen molar-refractivity contribution in [3.63, 3.8) is 0 Å². The van der Waals surface area contributed by atoms with Crippen LogP contribution < -0.4 is 14.4 Å². The van der Waals surface area contributed by atoms with Crippen molar-refractivity contribution in [3.8, 4) is 17.6 Å². The van der Waals surface area contributed by atoms with E-state index in [0.29, 0.717) is 22.4 Å². The minimum absolute atomic E-state index is 0.0882. The van der Waals surface area contributed by atoms with Crippen LogP contribution in [0.15, 0.2) is 78.4 Å². The molecule has 0 aromatic heterocycles. The fourth-order valence-corrected chi connectivity index (χ4v) is 3.35. The molecule has 156 valence electrons. The molecule has 7 nitrogen and oxygen atoms in total. The van der Waals surface area contributed by atoms with E-state index in [9.17, 15) is 19.6 Å². The molecule has 3 aromatic carbocycles. The number of amides is 2. The molecule has 0 N–H and O–H groups in total. The van der Waals surface area contributed by atoms with Crippen LogP contribution in [0.5, 0.6) is 11.5 Å². The summed E-state index contributed by atoms with van der Waals surface area (Å²) >= 11 is 0. The van der Waals surface area contributed by atoms with E-state index in [1.807, 2.05) is 6.07 Å². The van der Waals surface area contributed by atoms with Gasteiger partial charge >= 0.3 is 5.97 Å². The summed E-state index contributed by atoms with van der Waals surface area (Å²) in [6, 6.07) is 21.3. The van der Waals surface area contributed by atoms with Crippen LogP contribution in [-0.4, -0.2) is 24.9 Å². The van der Waals surface area contributed by atoms with E-state index in [1.165, 1.54) is 25.3 Å². The molecule has 0 bridgehead atoms. The van der Waals surface area contributed by atoms with Gasteiger partial charge in [-0.15, -0.1) is 0 Å². The van der Waals surface area contributed by atoms with Crippen molar-refractivity contribution in [1.82, 2.24) is 0 Å². The molecule has 7 heteroatoms. The first-order valence-electron chi connectivity index (χ1n) is 9.58. The van der Waals surface area contributed by atoms with Crippen molar-refractivity contribution in [2.45, 2.75) is 0 Å². The van der Waals surface area contributed by atoms with E-state index >= 15 is 0 Å². The van der Waals surface area contributed by atoms with Gasteiger partial charge in [-0.3, -0.25) is 9.59 Å². The number of carbonyl (C=O) groups excluding carboxylic acids is 3. The molecular formula is C25H16N2O5. The molecule has 0 saturated heterocycles. The van der Waals surface area contributed by atoms with Crippen molar-refractivity contribution < 1.29 is 23.9 Å². The number of rotatable bonds is 5. The first-order valence-corrected chi connectivity index (χ1v) is 9.58. The highest BCUT2D eigenvalue weighted by Gasteiger charge is 2.36. The SMILES string of the molecule is COc1ccccc1/C=C(\C#N)C(=O)Oc1cccc(N2C(=O)c3ccccc3C2=O)c1. The molecule has 32 heavy (non-hydrogen) atoms. The molecule has 0 aliphatic carbocycles. The number of nitriles is 1. The highest BCUT2D eigenvalue weighted by molar-refractivity contribution is 6.34. The first-order chi connectivity index (χ1) is 15.5. The third-order valence-corrected chi connectivity index (χ3v) is 4.86. The maximum Gasteiger partial charge on any atom is 0.354 e. The van der Waals surface area contributed by atoms with E-state index in [-0.39, 0.29) is 17.0 Å². The average molecular weight is 424 g/mol. The van der Waals surface area contributed by atoms with Gasteiger partial charge in [-0.25, -0.2) is 9.69 Å². The summed E-state index contributed by atoms with van der Waals surface area (Å²) < 4.78 is 10.6. The van der Waals surface area contributed by atoms with Crippen molar-refractivity contribution in [2.75, 3.05) is 12.0 Å². The number of nitrogens with zero attached hydrogens (tertiary/aromatic N) is 2. The number of hydrogen-bond donors (Lipinski definition) is 0. The van der Waals surface area contributed by atoms with Crippen molar-refractivity contribution in [1.29, 1.82) is 5.26 Å². The van der Waals surface area contributed by atoms with Gasteiger partial charge in [-0.2, -0.15) is 5.26 Å². The maximum atomic E-state index is 12.7. The second kappa shape index (κ2) is 8.58. The minimum atomic E-state index is -0.877. The Balaban J connectivity index is 1.59. The molecule has 2 amide bonds. The molecule has 0 fully saturated rings. The van der Waals surface area contributed by atoms with Crippen LogP contribution in [0.4, 0.5) is 5.69 Å². The highest BCUT2D eigenvalue weighted by Crippen LogP contribution is 2.30. The zero-order valence-electron chi connectivity index (χ0n) is 16.9. The second-order valence-corrected chi connectivity index (χ2v) is 6.79. The Kier molecular flexibility index (Phi) is 5.51. The predicted octanol–water partition coefficient (Wildman–Crippen LogP) is 4.01. The van der Waals surface area contributed by atoms with E-state index < -0.39 is 17.8 Å². The molecule has 0 atom stereocenters.